The molecule has 3 atom stereocenters. The Hall–Kier alpha value is -1.11. The fourth-order valence-corrected chi connectivity index (χ4v) is 6.44. The van der Waals surface area contributed by atoms with E-state index in [1.165, 1.54) is 11.1 Å². The highest BCUT2D eigenvalue weighted by molar-refractivity contribution is 7.89. The quantitative estimate of drug-likeness (QED) is 0.827. The first-order valence-electron chi connectivity index (χ1n) is 9.44. The third-order valence-corrected chi connectivity index (χ3v) is 8.24. The highest BCUT2D eigenvalue weighted by atomic mass is 32.2. The van der Waals surface area contributed by atoms with Gasteiger partial charge in [-0.2, -0.15) is 4.31 Å². The monoisotopic (exact) mass is 364 g/mol. The van der Waals surface area contributed by atoms with Gasteiger partial charge in [0.05, 0.1) is 12.9 Å². The van der Waals surface area contributed by atoms with E-state index in [9.17, 15) is 8.42 Å². The number of benzene rings is 1. The Kier molecular flexibility index (Phi) is 4.54. The van der Waals surface area contributed by atoms with Crippen LogP contribution in [0.15, 0.2) is 18.2 Å². The summed E-state index contributed by atoms with van der Waals surface area (Å²) in [5, 5.41) is 0. The first kappa shape index (κ1) is 17.3. The molecule has 0 aliphatic carbocycles. The third-order valence-electron chi connectivity index (χ3n) is 6.34. The number of hydrogen-bond donors (Lipinski definition) is 0. The minimum absolute atomic E-state index is 0.160. The molecule has 0 radical (unpaired) electrons. The van der Waals surface area contributed by atoms with Crippen molar-refractivity contribution >= 4 is 10.0 Å². The summed E-state index contributed by atoms with van der Waals surface area (Å²) in [6.07, 6.45) is 4.12. The van der Waals surface area contributed by atoms with E-state index >= 15 is 0 Å². The van der Waals surface area contributed by atoms with Gasteiger partial charge in [-0.3, -0.25) is 4.90 Å². The number of sulfonamides is 1. The van der Waals surface area contributed by atoms with Gasteiger partial charge in [0, 0.05) is 31.7 Å². The van der Waals surface area contributed by atoms with E-state index in [1.807, 2.05) is 10.4 Å². The Morgan fingerprint density at radius 3 is 2.88 bits per heavy atom. The predicted octanol–water partition coefficient (Wildman–Crippen LogP) is 2.43. The molecule has 3 aliphatic heterocycles. The van der Waals surface area contributed by atoms with E-state index in [2.05, 4.69) is 17.0 Å². The molecule has 2 saturated heterocycles. The van der Waals surface area contributed by atoms with Crippen molar-refractivity contribution < 1.29 is 13.2 Å². The van der Waals surface area contributed by atoms with Crippen LogP contribution in [0.2, 0.25) is 0 Å². The molecule has 0 spiro atoms. The molecule has 0 bridgehead atoms. The van der Waals surface area contributed by atoms with Gasteiger partial charge in [0.15, 0.2) is 0 Å². The van der Waals surface area contributed by atoms with E-state index in [0.29, 0.717) is 18.5 Å². The molecule has 0 N–H and O–H groups in total. The second-order valence-corrected chi connectivity index (χ2v) is 9.75. The highest BCUT2D eigenvalue weighted by Gasteiger charge is 2.45. The highest BCUT2D eigenvalue weighted by Crippen LogP contribution is 2.44. The van der Waals surface area contributed by atoms with Crippen LogP contribution in [-0.4, -0.2) is 56.2 Å². The first-order valence-corrected chi connectivity index (χ1v) is 11.0. The number of methoxy groups -OCH3 is 1. The third kappa shape index (κ3) is 2.98. The van der Waals surface area contributed by atoms with Crippen molar-refractivity contribution in [3.8, 4) is 5.75 Å². The molecule has 138 valence electrons. The van der Waals surface area contributed by atoms with E-state index in [4.69, 9.17) is 4.74 Å². The Bertz CT molecular complexity index is 749. The lowest BCUT2D eigenvalue weighted by atomic mass is 9.77. The molecule has 0 saturated carbocycles. The van der Waals surface area contributed by atoms with Crippen LogP contribution in [0, 0.1) is 5.92 Å². The Balaban J connectivity index is 1.65. The second kappa shape index (κ2) is 6.56. The number of nitrogens with zero attached hydrogens (tertiary/aromatic N) is 2. The lowest BCUT2D eigenvalue weighted by Gasteiger charge is -2.51. The van der Waals surface area contributed by atoms with Crippen LogP contribution < -0.4 is 4.74 Å². The van der Waals surface area contributed by atoms with Crippen molar-refractivity contribution in [2.75, 3.05) is 32.5 Å². The topological polar surface area (TPSA) is 49.9 Å². The van der Waals surface area contributed by atoms with E-state index < -0.39 is 10.0 Å². The van der Waals surface area contributed by atoms with Gasteiger partial charge in [0.1, 0.15) is 5.75 Å². The largest absolute Gasteiger partial charge is 0.497 e. The van der Waals surface area contributed by atoms with Crippen LogP contribution in [0.3, 0.4) is 0 Å². The van der Waals surface area contributed by atoms with Gasteiger partial charge in [-0.25, -0.2) is 8.42 Å². The van der Waals surface area contributed by atoms with Crippen LogP contribution in [-0.2, 0) is 16.4 Å². The number of rotatable bonds is 3. The summed E-state index contributed by atoms with van der Waals surface area (Å²) in [6.45, 7) is 4.54. The molecule has 6 heteroatoms. The summed E-state index contributed by atoms with van der Waals surface area (Å²) < 4.78 is 32.4. The molecule has 0 aromatic heterocycles. The summed E-state index contributed by atoms with van der Waals surface area (Å²) in [7, 11) is -1.42. The van der Waals surface area contributed by atoms with Crippen LogP contribution in [0.4, 0.5) is 0 Å². The van der Waals surface area contributed by atoms with Crippen LogP contribution in [0.5, 0.6) is 5.75 Å². The Morgan fingerprint density at radius 1 is 1.28 bits per heavy atom. The molecule has 1 aromatic rings. The normalized spacial score (nSPS) is 30.2. The van der Waals surface area contributed by atoms with Crippen LogP contribution in [0.25, 0.3) is 0 Å². The summed E-state index contributed by atoms with van der Waals surface area (Å²) in [6, 6.07) is 6.87. The van der Waals surface area contributed by atoms with Gasteiger partial charge < -0.3 is 4.74 Å². The zero-order valence-corrected chi connectivity index (χ0v) is 16.0. The molecule has 25 heavy (non-hydrogen) atoms. The smallest absolute Gasteiger partial charge is 0.214 e. The number of hydrogen-bond acceptors (Lipinski definition) is 4. The van der Waals surface area contributed by atoms with E-state index in [0.717, 1.165) is 44.5 Å². The maximum Gasteiger partial charge on any atom is 0.214 e. The Morgan fingerprint density at radius 2 is 2.12 bits per heavy atom. The standard InChI is InChI=1S/C19H28N2O3S/c1-3-25(22,23)21-9-4-5-15-13-20-10-8-14-11-16(24-2)6-7-17(14)19(20)12-18(15)21/h6-7,11,15,18-19H,3-5,8-10,12-13H2,1-2H3/t15-,18+,19-/m1/s1. The maximum absolute atomic E-state index is 12.6. The zero-order valence-electron chi connectivity index (χ0n) is 15.1. The van der Waals surface area contributed by atoms with Crippen LogP contribution >= 0.6 is 0 Å². The summed E-state index contributed by atoms with van der Waals surface area (Å²) >= 11 is 0. The summed E-state index contributed by atoms with van der Waals surface area (Å²) in [5.41, 5.74) is 2.73. The van der Waals surface area contributed by atoms with Gasteiger partial charge in [-0.05, 0) is 61.8 Å². The lowest BCUT2D eigenvalue weighted by Crippen LogP contribution is -2.57. The van der Waals surface area contributed by atoms with Gasteiger partial charge in [0.25, 0.3) is 0 Å². The molecular formula is C19H28N2O3S. The fraction of sp³-hybridized carbons (Fsp3) is 0.684. The maximum atomic E-state index is 12.6. The van der Waals surface area contributed by atoms with Crippen molar-refractivity contribution in [2.45, 2.75) is 44.7 Å². The average molecular weight is 365 g/mol. The number of fused-ring (bicyclic) bond motifs is 4. The van der Waals surface area contributed by atoms with E-state index in [-0.39, 0.29) is 11.8 Å². The van der Waals surface area contributed by atoms with Gasteiger partial charge in [-0.15, -0.1) is 0 Å². The molecule has 4 rings (SSSR count). The van der Waals surface area contributed by atoms with Gasteiger partial charge >= 0.3 is 0 Å². The lowest BCUT2D eigenvalue weighted by molar-refractivity contribution is 0.0220. The van der Waals surface area contributed by atoms with Gasteiger partial charge in [0.2, 0.25) is 10.0 Å². The summed E-state index contributed by atoms with van der Waals surface area (Å²) in [4.78, 5) is 2.58. The van der Waals surface area contributed by atoms with Crippen molar-refractivity contribution in [3.05, 3.63) is 29.3 Å². The summed E-state index contributed by atoms with van der Waals surface area (Å²) in [5.74, 6) is 1.60. The van der Waals surface area contributed by atoms with Crippen molar-refractivity contribution in [1.29, 1.82) is 0 Å². The Labute approximate surface area is 151 Å². The number of piperidine rings is 2. The minimum Gasteiger partial charge on any atom is -0.497 e. The average Bonchev–Trinajstić information content (AvgIpc) is 2.65. The molecule has 3 aliphatic rings. The SMILES string of the molecule is CCS(=O)(=O)N1CCC[C@@H]2CN3CCc4cc(OC)ccc4[C@H]3C[C@@H]21. The predicted molar refractivity (Wildman–Crippen MR) is 98.3 cm³/mol. The molecule has 0 unspecified atom stereocenters. The molecule has 1 aromatic carbocycles. The van der Waals surface area contributed by atoms with Crippen LogP contribution in [0.1, 0.15) is 43.4 Å². The fourth-order valence-electron chi connectivity index (χ4n) is 5.03. The molecule has 2 fully saturated rings. The molecule has 0 amide bonds. The first-order chi connectivity index (χ1) is 12.0. The second-order valence-electron chi connectivity index (χ2n) is 7.54. The minimum atomic E-state index is -3.12. The van der Waals surface area contributed by atoms with Crippen molar-refractivity contribution in [2.24, 2.45) is 5.92 Å². The van der Waals surface area contributed by atoms with Crippen molar-refractivity contribution in [1.82, 2.24) is 9.21 Å². The van der Waals surface area contributed by atoms with Gasteiger partial charge in [-0.1, -0.05) is 6.07 Å². The van der Waals surface area contributed by atoms with Crippen molar-refractivity contribution in [3.63, 3.8) is 0 Å². The molecule has 3 heterocycles. The zero-order chi connectivity index (χ0) is 17.6. The number of ether oxygens (including phenoxy) is 1. The molecule has 5 nitrogen and oxygen atoms in total. The molecular weight excluding hydrogens is 336 g/mol. The van der Waals surface area contributed by atoms with E-state index in [1.54, 1.807) is 14.0 Å².